The SMILES string of the molecule is Cn1ccc2ccc(-c3ccc(-c4nnc(SCC(=O)N=O)[nH]4)o3)cc21. The van der Waals surface area contributed by atoms with E-state index < -0.39 is 5.91 Å². The minimum atomic E-state index is -0.746. The number of furan rings is 1. The maximum absolute atomic E-state index is 10.9. The van der Waals surface area contributed by atoms with Crippen LogP contribution in [0.3, 0.4) is 0 Å². The Morgan fingerprint density at radius 1 is 1.23 bits per heavy atom. The number of carbonyl (C=O) groups is 1. The maximum Gasteiger partial charge on any atom is 0.296 e. The van der Waals surface area contributed by atoms with Gasteiger partial charge in [-0.1, -0.05) is 23.9 Å². The fourth-order valence-corrected chi connectivity index (χ4v) is 3.20. The molecule has 4 rings (SSSR count). The molecule has 0 aliphatic carbocycles. The number of H-pyrrole nitrogens is 1. The Morgan fingerprint density at radius 3 is 2.92 bits per heavy atom. The lowest BCUT2D eigenvalue weighted by molar-refractivity contribution is -0.115. The summed E-state index contributed by atoms with van der Waals surface area (Å²) >= 11 is 1.06. The second-order valence-electron chi connectivity index (χ2n) is 5.62. The number of nitroso groups, excluding NO2 is 1. The molecule has 0 spiro atoms. The average molecular weight is 367 g/mol. The van der Waals surface area contributed by atoms with Crippen LogP contribution < -0.4 is 0 Å². The van der Waals surface area contributed by atoms with E-state index in [0.717, 1.165) is 22.8 Å². The first kappa shape index (κ1) is 16.3. The van der Waals surface area contributed by atoms with Crippen molar-refractivity contribution in [1.82, 2.24) is 19.7 Å². The molecule has 0 saturated heterocycles. The predicted molar refractivity (Wildman–Crippen MR) is 97.5 cm³/mol. The molecule has 0 unspecified atom stereocenters. The lowest BCUT2D eigenvalue weighted by atomic mass is 10.1. The molecule has 0 radical (unpaired) electrons. The molecule has 1 N–H and O–H groups in total. The van der Waals surface area contributed by atoms with Gasteiger partial charge in [-0.05, 0) is 29.7 Å². The number of aromatic nitrogens is 4. The van der Waals surface area contributed by atoms with E-state index in [2.05, 4.69) is 37.1 Å². The first-order chi connectivity index (χ1) is 12.6. The van der Waals surface area contributed by atoms with Crippen LogP contribution in [0.4, 0.5) is 0 Å². The Labute approximate surface area is 151 Å². The van der Waals surface area contributed by atoms with Gasteiger partial charge in [-0.3, -0.25) is 4.79 Å². The van der Waals surface area contributed by atoms with Crippen molar-refractivity contribution in [3.05, 3.63) is 47.5 Å². The van der Waals surface area contributed by atoms with Crippen molar-refractivity contribution in [1.29, 1.82) is 0 Å². The molecule has 0 fully saturated rings. The number of nitrogens with one attached hydrogen (secondary N) is 1. The molecule has 0 aliphatic rings. The van der Waals surface area contributed by atoms with Crippen molar-refractivity contribution >= 4 is 28.6 Å². The van der Waals surface area contributed by atoms with E-state index in [1.807, 2.05) is 31.4 Å². The van der Waals surface area contributed by atoms with Crippen LogP contribution in [-0.4, -0.2) is 31.4 Å². The number of carbonyl (C=O) groups excluding carboxylic acids is 1. The van der Waals surface area contributed by atoms with Gasteiger partial charge in [-0.25, -0.2) is 0 Å². The highest BCUT2D eigenvalue weighted by molar-refractivity contribution is 7.99. The Kier molecular flexibility index (Phi) is 4.13. The van der Waals surface area contributed by atoms with E-state index >= 15 is 0 Å². The highest BCUT2D eigenvalue weighted by Crippen LogP contribution is 2.29. The number of hydrogen-bond acceptors (Lipinski definition) is 6. The van der Waals surface area contributed by atoms with Gasteiger partial charge in [-0.2, -0.15) is 0 Å². The van der Waals surface area contributed by atoms with Gasteiger partial charge in [0.2, 0.25) is 0 Å². The van der Waals surface area contributed by atoms with Crippen LogP contribution in [0.2, 0.25) is 0 Å². The highest BCUT2D eigenvalue weighted by atomic mass is 32.2. The number of fused-ring (bicyclic) bond motifs is 1. The van der Waals surface area contributed by atoms with Crippen molar-refractivity contribution in [2.24, 2.45) is 12.2 Å². The number of rotatable bonds is 5. The van der Waals surface area contributed by atoms with Crippen LogP contribution in [-0.2, 0) is 11.8 Å². The maximum atomic E-state index is 10.9. The summed E-state index contributed by atoms with van der Waals surface area (Å²) in [7, 11) is 2.00. The normalized spacial score (nSPS) is 11.1. The lowest BCUT2D eigenvalue weighted by Crippen LogP contribution is -1.95. The Morgan fingerprint density at radius 2 is 2.08 bits per heavy atom. The van der Waals surface area contributed by atoms with Crippen molar-refractivity contribution in [3.8, 4) is 22.9 Å². The summed E-state index contributed by atoms with van der Waals surface area (Å²) in [4.78, 5) is 24.0. The molecule has 3 heterocycles. The summed E-state index contributed by atoms with van der Waals surface area (Å²) < 4.78 is 7.95. The van der Waals surface area contributed by atoms with Crippen LogP contribution in [0, 0.1) is 4.91 Å². The van der Waals surface area contributed by atoms with Crippen molar-refractivity contribution in [3.63, 3.8) is 0 Å². The zero-order chi connectivity index (χ0) is 18.1. The van der Waals surface area contributed by atoms with E-state index in [4.69, 9.17) is 4.42 Å². The molecule has 0 aliphatic heterocycles. The summed E-state index contributed by atoms with van der Waals surface area (Å²) in [6.45, 7) is 0. The number of amides is 1. The standard InChI is InChI=1S/C17H13N5O3S/c1-22-7-6-10-2-3-11(8-12(10)22)13-4-5-14(25-13)16-18-17(20-19-16)26-9-15(23)21-24/h2-8H,9H2,1H3,(H,18,19,20). The summed E-state index contributed by atoms with van der Waals surface area (Å²) in [5.74, 6) is 0.868. The van der Waals surface area contributed by atoms with Crippen molar-refractivity contribution in [2.45, 2.75) is 5.16 Å². The van der Waals surface area contributed by atoms with Crippen LogP contribution in [0.15, 0.2) is 57.3 Å². The van der Waals surface area contributed by atoms with E-state index in [-0.39, 0.29) is 5.75 Å². The fourth-order valence-electron chi connectivity index (χ4n) is 2.62. The summed E-state index contributed by atoms with van der Waals surface area (Å²) in [5, 5.41) is 11.9. The topological polar surface area (TPSA) is 106 Å². The molecule has 1 amide bonds. The van der Waals surface area contributed by atoms with E-state index in [1.165, 1.54) is 5.39 Å². The van der Waals surface area contributed by atoms with Crippen LogP contribution in [0.25, 0.3) is 33.8 Å². The molecule has 3 aromatic heterocycles. The largest absolute Gasteiger partial charge is 0.453 e. The second kappa shape index (κ2) is 6.60. The van der Waals surface area contributed by atoms with Crippen molar-refractivity contribution < 1.29 is 9.21 Å². The lowest BCUT2D eigenvalue weighted by Gasteiger charge is -2.00. The molecular formula is C17H13N5O3S. The molecule has 0 atom stereocenters. The van der Waals surface area contributed by atoms with E-state index in [9.17, 15) is 9.70 Å². The van der Waals surface area contributed by atoms with Gasteiger partial charge in [0.05, 0.1) is 5.75 Å². The molecule has 0 bridgehead atoms. The van der Waals surface area contributed by atoms with Gasteiger partial charge in [0.25, 0.3) is 5.91 Å². The smallest absolute Gasteiger partial charge is 0.296 e. The molecule has 4 aromatic rings. The van der Waals surface area contributed by atoms with Gasteiger partial charge in [-0.15, -0.1) is 15.1 Å². The van der Waals surface area contributed by atoms with Crippen LogP contribution in [0.5, 0.6) is 0 Å². The zero-order valence-corrected chi connectivity index (χ0v) is 14.5. The molecule has 1 aromatic carbocycles. The Bertz CT molecular complexity index is 1110. The molecule has 8 nitrogen and oxygen atoms in total. The van der Waals surface area contributed by atoms with Gasteiger partial charge in [0, 0.05) is 29.5 Å². The van der Waals surface area contributed by atoms with E-state index in [1.54, 1.807) is 6.07 Å². The van der Waals surface area contributed by atoms with E-state index in [0.29, 0.717) is 22.5 Å². The number of benzene rings is 1. The summed E-state index contributed by atoms with van der Waals surface area (Å²) in [6, 6.07) is 11.9. The summed E-state index contributed by atoms with van der Waals surface area (Å²) in [5.41, 5.74) is 2.08. The highest BCUT2D eigenvalue weighted by Gasteiger charge is 2.13. The molecule has 0 saturated carbocycles. The molecule has 9 heteroatoms. The van der Waals surface area contributed by atoms with Gasteiger partial charge < -0.3 is 14.0 Å². The number of aromatic amines is 1. The number of thioether (sulfide) groups is 1. The molecule has 26 heavy (non-hydrogen) atoms. The monoisotopic (exact) mass is 367 g/mol. The minimum Gasteiger partial charge on any atom is -0.453 e. The average Bonchev–Trinajstić information content (AvgIpc) is 3.39. The van der Waals surface area contributed by atoms with Crippen molar-refractivity contribution in [2.75, 3.05) is 5.75 Å². The second-order valence-corrected chi connectivity index (χ2v) is 6.58. The molecule has 130 valence electrons. The quantitative estimate of drug-likeness (QED) is 0.427. The number of nitrogens with zero attached hydrogens (tertiary/aromatic N) is 4. The first-order valence-corrected chi connectivity index (χ1v) is 8.70. The minimum absolute atomic E-state index is 0.0851. The number of aryl methyl sites for hydroxylation is 1. The molecular weight excluding hydrogens is 354 g/mol. The van der Waals surface area contributed by atoms with Gasteiger partial charge >= 0.3 is 0 Å². The summed E-state index contributed by atoms with van der Waals surface area (Å²) in [6.07, 6.45) is 2.01. The fraction of sp³-hybridized carbons (Fsp3) is 0.118. The predicted octanol–water partition coefficient (Wildman–Crippen LogP) is 3.61. The third-order valence-corrected chi connectivity index (χ3v) is 4.76. The number of hydrogen-bond donors (Lipinski definition) is 1. The van der Waals surface area contributed by atoms with Crippen LogP contribution >= 0.6 is 11.8 Å². The Balaban J connectivity index is 1.57. The zero-order valence-electron chi connectivity index (χ0n) is 13.7. The first-order valence-electron chi connectivity index (χ1n) is 7.71. The van der Waals surface area contributed by atoms with Gasteiger partial charge in [0.15, 0.2) is 16.7 Å². The third kappa shape index (κ3) is 3.04. The third-order valence-electron chi connectivity index (χ3n) is 3.91. The van der Waals surface area contributed by atoms with Crippen LogP contribution in [0.1, 0.15) is 0 Å². The van der Waals surface area contributed by atoms with Gasteiger partial charge in [0.1, 0.15) is 5.76 Å². The Hall–Kier alpha value is -3.20.